The number of nitrogens with zero attached hydrogens (tertiary/aromatic N) is 3. The van der Waals surface area contributed by atoms with Crippen molar-refractivity contribution in [2.24, 2.45) is 0 Å². The van der Waals surface area contributed by atoms with E-state index in [4.69, 9.17) is 4.98 Å². The van der Waals surface area contributed by atoms with Gasteiger partial charge in [0, 0.05) is 55.7 Å². The fraction of sp³-hybridized carbons (Fsp3) is 0.333. The summed E-state index contributed by atoms with van der Waals surface area (Å²) in [5.74, 6) is 0.0440. The Morgan fingerprint density at radius 1 is 1.00 bits per heavy atom. The highest BCUT2D eigenvalue weighted by Gasteiger charge is 2.28. The highest BCUT2D eigenvalue weighted by molar-refractivity contribution is 7.89. The van der Waals surface area contributed by atoms with Crippen LogP contribution in [0.25, 0.3) is 10.6 Å². The number of Topliss-reactive ketones (excluding diaryl/α,β-unsaturated/α-hetero) is 1. The first-order valence-electron chi connectivity index (χ1n) is 10.8. The summed E-state index contributed by atoms with van der Waals surface area (Å²) in [5, 5.41) is 3.08. The summed E-state index contributed by atoms with van der Waals surface area (Å²) in [5.41, 5.74) is 2.69. The van der Waals surface area contributed by atoms with Crippen LogP contribution in [0.5, 0.6) is 0 Å². The van der Waals surface area contributed by atoms with Gasteiger partial charge in [0.15, 0.2) is 5.78 Å². The average molecular weight is 470 g/mol. The zero-order chi connectivity index (χ0) is 22.6. The van der Waals surface area contributed by atoms with Gasteiger partial charge in [0.1, 0.15) is 5.01 Å². The maximum Gasteiger partial charge on any atom is 0.243 e. The number of hydrogen-bond acceptors (Lipinski definition) is 6. The van der Waals surface area contributed by atoms with Gasteiger partial charge in [0.2, 0.25) is 10.0 Å². The van der Waals surface area contributed by atoms with Crippen LogP contribution in [0.2, 0.25) is 0 Å². The van der Waals surface area contributed by atoms with Gasteiger partial charge in [0.05, 0.1) is 10.6 Å². The molecular formula is C24H27N3O3S2. The minimum Gasteiger partial charge on any atom is -0.295 e. The number of rotatable bonds is 8. The lowest BCUT2D eigenvalue weighted by atomic mass is 10.1. The highest BCUT2D eigenvalue weighted by Crippen LogP contribution is 2.25. The first-order valence-corrected chi connectivity index (χ1v) is 13.1. The second-order valence-corrected chi connectivity index (χ2v) is 10.7. The number of benzene rings is 2. The molecule has 4 rings (SSSR count). The van der Waals surface area contributed by atoms with Gasteiger partial charge < -0.3 is 0 Å². The van der Waals surface area contributed by atoms with Crippen LogP contribution < -0.4 is 0 Å². The van der Waals surface area contributed by atoms with Gasteiger partial charge in [-0.25, -0.2) is 13.4 Å². The van der Waals surface area contributed by atoms with Crippen molar-refractivity contribution in [3.8, 4) is 10.6 Å². The maximum absolute atomic E-state index is 13.0. The van der Waals surface area contributed by atoms with Crippen molar-refractivity contribution in [2.45, 2.75) is 31.2 Å². The molecule has 0 saturated carbocycles. The van der Waals surface area contributed by atoms with Crippen molar-refractivity contribution in [1.82, 2.24) is 14.2 Å². The third-order valence-corrected chi connectivity index (χ3v) is 8.43. The van der Waals surface area contributed by atoms with Crippen LogP contribution in [0.15, 0.2) is 64.9 Å². The number of carbonyl (C=O) groups is 1. The lowest BCUT2D eigenvalue weighted by Gasteiger charge is -2.33. The van der Waals surface area contributed by atoms with E-state index in [1.807, 2.05) is 25.1 Å². The molecule has 0 bridgehead atoms. The molecule has 8 heteroatoms. The number of hydrogen-bond donors (Lipinski definition) is 0. The fourth-order valence-electron chi connectivity index (χ4n) is 3.78. The SMILES string of the molecule is CCCC(=O)c1ccc(S(=O)(=O)N2CCN(Cc3csc(-c4ccccc4)n3)CC2)cc1. The quantitative estimate of drug-likeness (QED) is 0.460. The van der Waals surface area contributed by atoms with Gasteiger partial charge in [-0.3, -0.25) is 9.69 Å². The Labute approximate surface area is 193 Å². The Kier molecular flexibility index (Phi) is 7.15. The molecule has 1 fully saturated rings. The molecule has 0 N–H and O–H groups in total. The van der Waals surface area contributed by atoms with E-state index < -0.39 is 10.0 Å². The van der Waals surface area contributed by atoms with Gasteiger partial charge in [-0.05, 0) is 18.6 Å². The minimum atomic E-state index is -3.56. The molecule has 0 radical (unpaired) electrons. The number of carbonyl (C=O) groups excluding carboxylic acids is 1. The molecule has 0 aliphatic carbocycles. The largest absolute Gasteiger partial charge is 0.295 e. The van der Waals surface area contributed by atoms with Crippen LogP contribution in [0, 0.1) is 0 Å². The molecular weight excluding hydrogens is 442 g/mol. The highest BCUT2D eigenvalue weighted by atomic mass is 32.2. The van der Waals surface area contributed by atoms with E-state index in [1.54, 1.807) is 35.6 Å². The molecule has 6 nitrogen and oxygen atoms in total. The second-order valence-electron chi connectivity index (χ2n) is 7.89. The molecule has 0 atom stereocenters. The zero-order valence-electron chi connectivity index (χ0n) is 18.1. The molecule has 1 saturated heterocycles. The zero-order valence-corrected chi connectivity index (χ0v) is 19.7. The molecule has 0 spiro atoms. The van der Waals surface area contributed by atoms with Gasteiger partial charge in [-0.15, -0.1) is 11.3 Å². The van der Waals surface area contributed by atoms with Crippen LogP contribution in [0.1, 0.15) is 35.8 Å². The van der Waals surface area contributed by atoms with Gasteiger partial charge in [-0.1, -0.05) is 49.4 Å². The molecule has 1 aromatic heterocycles. The molecule has 32 heavy (non-hydrogen) atoms. The second kappa shape index (κ2) is 10.0. The topological polar surface area (TPSA) is 70.6 Å². The first kappa shape index (κ1) is 22.8. The number of piperazine rings is 1. The van der Waals surface area contributed by atoms with Crippen LogP contribution >= 0.6 is 11.3 Å². The summed E-state index contributed by atoms with van der Waals surface area (Å²) in [6, 6.07) is 16.4. The summed E-state index contributed by atoms with van der Waals surface area (Å²) in [7, 11) is -3.56. The normalized spacial score (nSPS) is 15.7. The summed E-state index contributed by atoms with van der Waals surface area (Å²) in [6.07, 6.45) is 1.25. The molecule has 0 amide bonds. The Hall–Kier alpha value is -2.39. The van der Waals surface area contributed by atoms with E-state index in [0.29, 0.717) is 44.7 Å². The molecule has 168 valence electrons. The van der Waals surface area contributed by atoms with Crippen LogP contribution in [-0.2, 0) is 16.6 Å². The Morgan fingerprint density at radius 2 is 1.69 bits per heavy atom. The average Bonchev–Trinajstić information content (AvgIpc) is 3.29. The summed E-state index contributed by atoms with van der Waals surface area (Å²) >= 11 is 1.63. The molecule has 0 unspecified atom stereocenters. The fourth-order valence-corrected chi connectivity index (χ4v) is 6.02. The van der Waals surface area contributed by atoms with Crippen molar-refractivity contribution in [3.63, 3.8) is 0 Å². The molecule has 2 heterocycles. The molecule has 3 aromatic rings. The maximum atomic E-state index is 13.0. The van der Waals surface area contributed by atoms with Crippen molar-refractivity contribution < 1.29 is 13.2 Å². The van der Waals surface area contributed by atoms with Crippen molar-refractivity contribution in [1.29, 1.82) is 0 Å². The van der Waals surface area contributed by atoms with E-state index in [1.165, 1.54) is 4.31 Å². The van der Waals surface area contributed by atoms with E-state index in [-0.39, 0.29) is 10.7 Å². The lowest BCUT2D eigenvalue weighted by molar-refractivity contribution is 0.0981. The van der Waals surface area contributed by atoms with E-state index >= 15 is 0 Å². The summed E-state index contributed by atoms with van der Waals surface area (Å²) < 4.78 is 27.6. The van der Waals surface area contributed by atoms with Crippen molar-refractivity contribution >= 4 is 27.1 Å². The molecule has 2 aromatic carbocycles. The van der Waals surface area contributed by atoms with Crippen LogP contribution in [-0.4, -0.2) is 54.6 Å². The lowest BCUT2D eigenvalue weighted by Crippen LogP contribution is -2.48. The third-order valence-electron chi connectivity index (χ3n) is 5.58. The minimum absolute atomic E-state index is 0.0440. The Morgan fingerprint density at radius 3 is 2.34 bits per heavy atom. The van der Waals surface area contributed by atoms with E-state index in [2.05, 4.69) is 22.4 Å². The van der Waals surface area contributed by atoms with E-state index in [0.717, 1.165) is 22.7 Å². The predicted octanol–water partition coefficient (Wildman–Crippen LogP) is 4.30. The summed E-state index contributed by atoms with van der Waals surface area (Å²) in [4.78, 5) is 19.2. The predicted molar refractivity (Wildman–Crippen MR) is 127 cm³/mol. The third kappa shape index (κ3) is 5.15. The van der Waals surface area contributed by atoms with E-state index in [9.17, 15) is 13.2 Å². The van der Waals surface area contributed by atoms with Crippen LogP contribution in [0.4, 0.5) is 0 Å². The Bertz CT molecular complexity index is 1150. The first-order chi connectivity index (χ1) is 15.5. The molecule has 1 aliphatic heterocycles. The van der Waals surface area contributed by atoms with Crippen molar-refractivity contribution in [2.75, 3.05) is 26.2 Å². The van der Waals surface area contributed by atoms with Gasteiger partial charge >= 0.3 is 0 Å². The van der Waals surface area contributed by atoms with Gasteiger partial charge in [-0.2, -0.15) is 4.31 Å². The number of aromatic nitrogens is 1. The smallest absolute Gasteiger partial charge is 0.243 e. The summed E-state index contributed by atoms with van der Waals surface area (Å²) in [6.45, 7) is 4.86. The monoisotopic (exact) mass is 469 g/mol. The standard InChI is InChI=1S/C24H27N3O3S2/c1-2-6-23(28)19-9-11-22(12-10-19)32(29,30)27-15-13-26(14-16-27)17-21-18-31-24(25-21)20-7-4-3-5-8-20/h3-5,7-12,18H,2,6,13-17H2,1H3. The van der Waals surface area contributed by atoms with Crippen LogP contribution in [0.3, 0.4) is 0 Å². The number of thiazole rings is 1. The number of ketones is 1. The van der Waals surface area contributed by atoms with Gasteiger partial charge in [0.25, 0.3) is 0 Å². The van der Waals surface area contributed by atoms with Crippen molar-refractivity contribution in [3.05, 3.63) is 71.2 Å². The Balaban J connectivity index is 1.35. The number of sulfonamides is 1. The molecule has 1 aliphatic rings.